The maximum Gasteiger partial charge on any atom is 0.301 e. The Morgan fingerprint density at radius 2 is 2.31 bits per heavy atom. The van der Waals surface area contributed by atoms with E-state index < -0.39 is 0 Å². The molecule has 0 atom stereocenters. The van der Waals surface area contributed by atoms with E-state index in [2.05, 4.69) is 43.1 Å². The highest BCUT2D eigenvalue weighted by molar-refractivity contribution is 9.10. The lowest BCUT2D eigenvalue weighted by molar-refractivity contribution is -0.111. The van der Waals surface area contributed by atoms with Crippen molar-refractivity contribution in [1.82, 2.24) is 9.97 Å². The van der Waals surface area contributed by atoms with Gasteiger partial charge in [0.2, 0.25) is 0 Å². The van der Waals surface area contributed by atoms with Crippen LogP contribution in [0.25, 0.3) is 0 Å². The molecule has 0 aromatic carbocycles. The summed E-state index contributed by atoms with van der Waals surface area (Å²) in [5, 5.41) is 2.46. The van der Waals surface area contributed by atoms with Crippen LogP contribution in [0.15, 0.2) is 17.0 Å². The van der Waals surface area contributed by atoms with E-state index in [0.717, 1.165) is 0 Å². The highest BCUT2D eigenvalue weighted by Gasteiger charge is 1.98. The van der Waals surface area contributed by atoms with E-state index in [-0.39, 0.29) is 5.91 Å². The van der Waals surface area contributed by atoms with Gasteiger partial charge in [-0.2, -0.15) is 0 Å². The lowest BCUT2D eigenvalue weighted by atomic mass is 10.5. The van der Waals surface area contributed by atoms with Crippen molar-refractivity contribution < 1.29 is 4.79 Å². The molecule has 0 bridgehead atoms. The van der Waals surface area contributed by atoms with Gasteiger partial charge in [0.15, 0.2) is 5.82 Å². The lowest BCUT2D eigenvalue weighted by Crippen LogP contribution is -2.09. The number of halogens is 1. The van der Waals surface area contributed by atoms with Crippen molar-refractivity contribution in [3.05, 3.63) is 17.0 Å². The van der Waals surface area contributed by atoms with E-state index in [1.807, 2.05) is 0 Å². The molecule has 5 heteroatoms. The monoisotopic (exact) mass is 239 g/mol. The summed E-state index contributed by atoms with van der Waals surface area (Å²) < 4.78 is 0.618. The molecule has 13 heavy (non-hydrogen) atoms. The van der Waals surface area contributed by atoms with Crippen LogP contribution in [0.1, 0.15) is 6.92 Å². The Bertz CT molecular complexity index is 363. The van der Waals surface area contributed by atoms with Gasteiger partial charge < -0.3 is 0 Å². The number of nitrogens with one attached hydrogen (secondary N) is 1. The molecule has 4 nitrogen and oxygen atoms in total. The fourth-order valence-corrected chi connectivity index (χ4v) is 0.843. The third-order valence-electron chi connectivity index (χ3n) is 1.10. The molecular formula is C8H6BrN3O. The van der Waals surface area contributed by atoms with E-state index in [4.69, 9.17) is 0 Å². The molecule has 1 aromatic heterocycles. The van der Waals surface area contributed by atoms with Gasteiger partial charge in [0, 0.05) is 0 Å². The molecule has 0 aliphatic heterocycles. The third kappa shape index (κ3) is 3.22. The Balaban J connectivity index is 2.68. The number of hydrogen-bond acceptors (Lipinski definition) is 3. The number of carbonyl (C=O) groups is 1. The molecule has 0 aliphatic carbocycles. The van der Waals surface area contributed by atoms with Crippen LogP contribution in [0.5, 0.6) is 0 Å². The van der Waals surface area contributed by atoms with E-state index in [0.29, 0.717) is 10.4 Å². The summed E-state index contributed by atoms with van der Waals surface area (Å²) in [6.45, 7) is 1.59. The van der Waals surface area contributed by atoms with Gasteiger partial charge in [-0.05, 0) is 28.8 Å². The minimum atomic E-state index is -0.390. The second kappa shape index (κ2) is 4.58. The van der Waals surface area contributed by atoms with Crippen molar-refractivity contribution in [1.29, 1.82) is 0 Å². The molecule has 1 N–H and O–H groups in total. The Kier molecular flexibility index (Phi) is 3.41. The smallest absolute Gasteiger partial charge is 0.298 e. The third-order valence-corrected chi connectivity index (χ3v) is 1.51. The topological polar surface area (TPSA) is 54.9 Å². The summed E-state index contributed by atoms with van der Waals surface area (Å²) in [7, 11) is 0. The van der Waals surface area contributed by atoms with Crippen molar-refractivity contribution in [2.24, 2.45) is 0 Å². The molecule has 0 radical (unpaired) electrons. The van der Waals surface area contributed by atoms with Crippen LogP contribution in [0.2, 0.25) is 0 Å². The van der Waals surface area contributed by atoms with Crippen molar-refractivity contribution in [2.45, 2.75) is 6.92 Å². The molecule has 1 heterocycles. The SMILES string of the molecule is CC#CC(=O)Nc1cnc(Br)cn1. The van der Waals surface area contributed by atoms with Crippen molar-refractivity contribution in [2.75, 3.05) is 5.32 Å². The Morgan fingerprint density at radius 3 is 2.85 bits per heavy atom. The van der Waals surface area contributed by atoms with Crippen molar-refractivity contribution in [3.8, 4) is 11.8 Å². The zero-order valence-electron chi connectivity index (χ0n) is 6.84. The predicted molar refractivity (Wildman–Crippen MR) is 51.8 cm³/mol. The minimum absolute atomic E-state index is 0.385. The summed E-state index contributed by atoms with van der Waals surface area (Å²) in [6.07, 6.45) is 2.94. The molecule has 1 amide bonds. The number of nitrogens with zero attached hydrogens (tertiary/aromatic N) is 2. The highest BCUT2D eigenvalue weighted by Crippen LogP contribution is 2.05. The van der Waals surface area contributed by atoms with Crippen LogP contribution >= 0.6 is 15.9 Å². The average Bonchev–Trinajstić information content (AvgIpc) is 2.09. The van der Waals surface area contributed by atoms with Crippen LogP contribution in [0.3, 0.4) is 0 Å². The molecule has 0 saturated carbocycles. The quantitative estimate of drug-likeness (QED) is 0.750. The normalized spacial score (nSPS) is 8.46. The summed E-state index contributed by atoms with van der Waals surface area (Å²) >= 11 is 3.13. The van der Waals surface area contributed by atoms with Crippen LogP contribution in [-0.2, 0) is 4.79 Å². The van der Waals surface area contributed by atoms with Gasteiger partial charge in [0.1, 0.15) is 4.60 Å². The molecule has 0 spiro atoms. The number of anilines is 1. The molecule has 0 unspecified atom stereocenters. The van der Waals surface area contributed by atoms with Crippen molar-refractivity contribution in [3.63, 3.8) is 0 Å². The first-order valence-electron chi connectivity index (χ1n) is 3.43. The largest absolute Gasteiger partial charge is 0.301 e. The number of aromatic nitrogens is 2. The van der Waals surface area contributed by atoms with Gasteiger partial charge in [-0.3, -0.25) is 10.1 Å². The van der Waals surface area contributed by atoms with E-state index in [1.165, 1.54) is 12.4 Å². The second-order valence-corrected chi connectivity index (χ2v) is 2.87. The Morgan fingerprint density at radius 1 is 1.54 bits per heavy atom. The van der Waals surface area contributed by atoms with Crippen LogP contribution < -0.4 is 5.32 Å². The first-order valence-corrected chi connectivity index (χ1v) is 4.23. The molecule has 0 saturated heterocycles. The van der Waals surface area contributed by atoms with Crippen LogP contribution in [0, 0.1) is 11.8 Å². The standard InChI is InChI=1S/C8H6BrN3O/c1-2-3-8(13)12-7-5-10-6(9)4-11-7/h4-5H,1H3,(H,11,12,13). The van der Waals surface area contributed by atoms with E-state index in [1.54, 1.807) is 6.92 Å². The zero-order chi connectivity index (χ0) is 9.68. The van der Waals surface area contributed by atoms with Crippen LogP contribution in [-0.4, -0.2) is 15.9 Å². The number of amides is 1. The summed E-state index contributed by atoms with van der Waals surface area (Å²) in [4.78, 5) is 18.7. The van der Waals surface area contributed by atoms with Gasteiger partial charge in [0.05, 0.1) is 12.4 Å². The molecule has 0 aliphatic rings. The molecule has 1 aromatic rings. The Hall–Kier alpha value is -1.41. The number of carbonyl (C=O) groups excluding carboxylic acids is 1. The van der Waals surface area contributed by atoms with Gasteiger partial charge in [-0.1, -0.05) is 5.92 Å². The minimum Gasteiger partial charge on any atom is -0.298 e. The predicted octanol–water partition coefficient (Wildman–Crippen LogP) is 1.20. The fraction of sp³-hybridized carbons (Fsp3) is 0.125. The van der Waals surface area contributed by atoms with Gasteiger partial charge in [-0.25, -0.2) is 9.97 Å². The van der Waals surface area contributed by atoms with Gasteiger partial charge in [0.25, 0.3) is 0 Å². The lowest BCUT2D eigenvalue weighted by Gasteiger charge is -1.97. The van der Waals surface area contributed by atoms with Gasteiger partial charge in [-0.15, -0.1) is 0 Å². The Labute approximate surface area is 83.9 Å². The number of hydrogen-bond donors (Lipinski definition) is 1. The zero-order valence-corrected chi connectivity index (χ0v) is 8.42. The molecule has 1 rings (SSSR count). The van der Waals surface area contributed by atoms with E-state index in [9.17, 15) is 4.79 Å². The summed E-state index contributed by atoms with van der Waals surface area (Å²) in [5.74, 6) is 4.80. The second-order valence-electron chi connectivity index (χ2n) is 2.05. The van der Waals surface area contributed by atoms with E-state index >= 15 is 0 Å². The first-order chi connectivity index (χ1) is 6.22. The van der Waals surface area contributed by atoms with Gasteiger partial charge >= 0.3 is 5.91 Å². The number of rotatable bonds is 1. The summed E-state index contributed by atoms with van der Waals surface area (Å²) in [5.41, 5.74) is 0. The molecule has 66 valence electrons. The molecular weight excluding hydrogens is 234 g/mol. The maximum absolute atomic E-state index is 10.9. The maximum atomic E-state index is 10.9. The van der Waals surface area contributed by atoms with Crippen LogP contribution in [0.4, 0.5) is 5.82 Å². The fourth-order valence-electron chi connectivity index (χ4n) is 0.638. The van der Waals surface area contributed by atoms with Crippen molar-refractivity contribution >= 4 is 27.7 Å². The average molecular weight is 240 g/mol. The first kappa shape index (κ1) is 9.68. The summed E-state index contributed by atoms with van der Waals surface area (Å²) in [6, 6.07) is 0. The molecule has 0 fully saturated rings. The highest BCUT2D eigenvalue weighted by atomic mass is 79.9.